The van der Waals surface area contributed by atoms with Gasteiger partial charge in [0.25, 0.3) is 0 Å². The lowest BCUT2D eigenvalue weighted by atomic mass is 9.91. The van der Waals surface area contributed by atoms with E-state index >= 15 is 0 Å². The van der Waals surface area contributed by atoms with Gasteiger partial charge in [0.1, 0.15) is 12.1 Å². The number of rotatable bonds is 4. The number of hydrogen-bond donors (Lipinski definition) is 0. The summed E-state index contributed by atoms with van der Waals surface area (Å²) in [6, 6.07) is 18.1. The highest BCUT2D eigenvalue weighted by Crippen LogP contribution is 2.42. The first-order chi connectivity index (χ1) is 13.2. The maximum Gasteiger partial charge on any atom is 0.231 e. The second-order valence-corrected chi connectivity index (χ2v) is 6.57. The zero-order valence-electron chi connectivity index (χ0n) is 15.4. The van der Waals surface area contributed by atoms with E-state index in [4.69, 9.17) is 4.74 Å². The molecule has 2 aromatic carbocycles. The summed E-state index contributed by atoms with van der Waals surface area (Å²) in [4.78, 5) is 19.0. The molecule has 3 aromatic rings. The fourth-order valence-electron chi connectivity index (χ4n) is 3.71. The van der Waals surface area contributed by atoms with Gasteiger partial charge in [0.2, 0.25) is 11.9 Å². The summed E-state index contributed by atoms with van der Waals surface area (Å²) >= 11 is 0. The van der Waals surface area contributed by atoms with Crippen molar-refractivity contribution >= 4 is 11.9 Å². The molecule has 0 bridgehead atoms. The van der Waals surface area contributed by atoms with Crippen molar-refractivity contribution in [2.45, 2.75) is 31.8 Å². The normalized spacial score (nSPS) is 18.8. The minimum atomic E-state index is -0.106. The molecule has 2 atom stereocenters. The van der Waals surface area contributed by atoms with Crippen LogP contribution in [0.3, 0.4) is 0 Å². The Labute approximate surface area is 158 Å². The third-order valence-electron chi connectivity index (χ3n) is 5.08. The van der Waals surface area contributed by atoms with Gasteiger partial charge in [-0.25, -0.2) is 4.68 Å². The molecule has 1 amide bonds. The van der Waals surface area contributed by atoms with Crippen molar-refractivity contribution < 1.29 is 9.53 Å². The number of hydrogen-bond acceptors (Lipinski definition) is 4. The van der Waals surface area contributed by atoms with Gasteiger partial charge >= 0.3 is 0 Å². The molecule has 1 aromatic heterocycles. The number of anilines is 1. The molecule has 0 N–H and O–H groups in total. The molecule has 2 heterocycles. The first kappa shape index (κ1) is 17.3. The van der Waals surface area contributed by atoms with Gasteiger partial charge in [-0.15, -0.1) is 0 Å². The smallest absolute Gasteiger partial charge is 0.231 e. The lowest BCUT2D eigenvalue weighted by Gasteiger charge is -2.39. The molecule has 1 aliphatic rings. The summed E-state index contributed by atoms with van der Waals surface area (Å²) in [7, 11) is 1.65. The van der Waals surface area contributed by atoms with Crippen molar-refractivity contribution in [3.8, 4) is 5.75 Å². The summed E-state index contributed by atoms with van der Waals surface area (Å²) in [5.74, 6) is 1.44. The molecule has 0 spiro atoms. The van der Waals surface area contributed by atoms with Crippen LogP contribution in [-0.2, 0) is 4.79 Å². The highest BCUT2D eigenvalue weighted by molar-refractivity contribution is 5.92. The van der Waals surface area contributed by atoms with Crippen molar-refractivity contribution in [2.24, 2.45) is 0 Å². The molecule has 27 heavy (non-hydrogen) atoms. The van der Waals surface area contributed by atoms with E-state index < -0.39 is 0 Å². The first-order valence-corrected chi connectivity index (χ1v) is 9.13. The summed E-state index contributed by atoms with van der Waals surface area (Å²) in [5.41, 5.74) is 2.22. The maximum absolute atomic E-state index is 12.8. The number of nitrogens with zero attached hydrogens (tertiary/aromatic N) is 4. The van der Waals surface area contributed by atoms with Gasteiger partial charge in [-0.1, -0.05) is 49.4 Å². The zero-order valence-corrected chi connectivity index (χ0v) is 15.4. The van der Waals surface area contributed by atoms with Crippen LogP contribution in [0, 0.1) is 0 Å². The lowest BCUT2D eigenvalue weighted by molar-refractivity contribution is -0.119. The fraction of sp³-hybridized carbons (Fsp3) is 0.286. The highest BCUT2D eigenvalue weighted by Gasteiger charge is 2.38. The molecule has 0 saturated heterocycles. The van der Waals surface area contributed by atoms with Crippen molar-refractivity contribution in [2.75, 3.05) is 12.0 Å². The number of fused-ring (bicyclic) bond motifs is 1. The summed E-state index contributed by atoms with van der Waals surface area (Å²) < 4.78 is 7.14. The average molecular weight is 362 g/mol. The van der Waals surface area contributed by atoms with Crippen LogP contribution in [-0.4, -0.2) is 27.8 Å². The SMILES string of the molecule is CCC(=O)N1c2ncnn2[C@H](c2ccccc2)C[C@H]1c1ccc(OC)cc1. The number of carbonyl (C=O) groups excluding carboxylic acids is 1. The topological polar surface area (TPSA) is 60.2 Å². The van der Waals surface area contributed by atoms with Crippen molar-refractivity contribution in [3.05, 3.63) is 72.1 Å². The van der Waals surface area contributed by atoms with Gasteiger partial charge in [0, 0.05) is 6.42 Å². The van der Waals surface area contributed by atoms with Crippen LogP contribution >= 0.6 is 0 Å². The number of aromatic nitrogens is 3. The van der Waals surface area contributed by atoms with Gasteiger partial charge in [-0.3, -0.25) is 9.69 Å². The summed E-state index contributed by atoms with van der Waals surface area (Å²) in [6.07, 6.45) is 2.67. The largest absolute Gasteiger partial charge is 0.497 e. The van der Waals surface area contributed by atoms with Crippen molar-refractivity contribution in [3.63, 3.8) is 0 Å². The minimum absolute atomic E-state index is 0.0247. The van der Waals surface area contributed by atoms with Crippen LogP contribution in [0.5, 0.6) is 5.75 Å². The maximum atomic E-state index is 12.8. The van der Waals surface area contributed by atoms with Gasteiger partial charge in [0.05, 0.1) is 19.2 Å². The Hall–Kier alpha value is -3.15. The average Bonchev–Trinajstić information content (AvgIpc) is 3.22. The number of methoxy groups -OCH3 is 1. The van der Waals surface area contributed by atoms with E-state index in [1.165, 1.54) is 6.33 Å². The van der Waals surface area contributed by atoms with Crippen LogP contribution in [0.25, 0.3) is 0 Å². The lowest BCUT2D eigenvalue weighted by Crippen LogP contribution is -2.42. The van der Waals surface area contributed by atoms with E-state index in [2.05, 4.69) is 22.2 Å². The van der Waals surface area contributed by atoms with Crippen LogP contribution in [0.4, 0.5) is 5.95 Å². The molecule has 4 rings (SSSR count). The Bertz CT molecular complexity index is 921. The molecule has 0 aliphatic carbocycles. The Morgan fingerprint density at radius 2 is 1.78 bits per heavy atom. The first-order valence-electron chi connectivity index (χ1n) is 9.13. The summed E-state index contributed by atoms with van der Waals surface area (Å²) in [6.45, 7) is 1.87. The summed E-state index contributed by atoms with van der Waals surface area (Å²) in [5, 5.41) is 4.43. The van der Waals surface area contributed by atoms with E-state index in [0.29, 0.717) is 12.4 Å². The molecular formula is C21H22N4O2. The van der Waals surface area contributed by atoms with Crippen molar-refractivity contribution in [1.82, 2.24) is 14.8 Å². The fourth-order valence-corrected chi connectivity index (χ4v) is 3.71. The predicted octanol–water partition coefficient (Wildman–Crippen LogP) is 3.76. The molecule has 6 nitrogen and oxygen atoms in total. The quantitative estimate of drug-likeness (QED) is 0.709. The molecule has 138 valence electrons. The number of ether oxygens (including phenoxy) is 1. The Morgan fingerprint density at radius 1 is 1.07 bits per heavy atom. The third-order valence-corrected chi connectivity index (χ3v) is 5.08. The molecule has 0 unspecified atom stereocenters. The van der Waals surface area contributed by atoms with Crippen molar-refractivity contribution in [1.29, 1.82) is 0 Å². The van der Waals surface area contributed by atoms with Gasteiger partial charge in [0.15, 0.2) is 0 Å². The van der Waals surface area contributed by atoms with Crippen LogP contribution < -0.4 is 9.64 Å². The number of carbonyl (C=O) groups is 1. The zero-order chi connectivity index (χ0) is 18.8. The molecule has 6 heteroatoms. The highest BCUT2D eigenvalue weighted by atomic mass is 16.5. The number of amides is 1. The second kappa shape index (κ2) is 7.23. The van der Waals surface area contributed by atoms with Gasteiger partial charge < -0.3 is 4.74 Å². The molecule has 0 radical (unpaired) electrons. The Balaban J connectivity index is 1.81. The van der Waals surface area contributed by atoms with Crippen LogP contribution in [0.1, 0.15) is 43.0 Å². The second-order valence-electron chi connectivity index (χ2n) is 6.57. The minimum Gasteiger partial charge on any atom is -0.497 e. The van der Waals surface area contributed by atoms with Crippen LogP contribution in [0.15, 0.2) is 60.9 Å². The molecular weight excluding hydrogens is 340 g/mol. The monoisotopic (exact) mass is 362 g/mol. The van der Waals surface area contributed by atoms with E-state index in [1.807, 2.05) is 54.1 Å². The molecule has 0 fully saturated rings. The Morgan fingerprint density at radius 3 is 2.44 bits per heavy atom. The van der Waals surface area contributed by atoms with E-state index in [9.17, 15) is 4.79 Å². The van der Waals surface area contributed by atoms with E-state index in [0.717, 1.165) is 23.3 Å². The van der Waals surface area contributed by atoms with Gasteiger partial charge in [-0.05, 0) is 29.7 Å². The van der Waals surface area contributed by atoms with E-state index in [-0.39, 0.29) is 18.0 Å². The molecule has 0 saturated carbocycles. The predicted molar refractivity (Wildman–Crippen MR) is 103 cm³/mol. The standard InChI is InChI=1S/C21H22N4O2/c1-3-20(26)24-18(16-9-11-17(27-2)12-10-16)13-19(15-7-5-4-6-8-15)25-21(24)22-14-23-25/h4-12,14,18-19H,3,13H2,1-2H3/t18-,19-/m0/s1. The van der Waals surface area contributed by atoms with Gasteiger partial charge in [-0.2, -0.15) is 10.1 Å². The van der Waals surface area contributed by atoms with E-state index in [1.54, 1.807) is 12.0 Å². The number of benzene rings is 2. The third kappa shape index (κ3) is 3.07. The van der Waals surface area contributed by atoms with Crippen LogP contribution in [0.2, 0.25) is 0 Å². The molecule has 1 aliphatic heterocycles. The Kier molecular flexibility index (Phi) is 4.62.